The highest BCUT2D eigenvalue weighted by molar-refractivity contribution is 7.16. The maximum Gasteiger partial charge on any atom is 0.258 e. The molecule has 0 fully saturated rings. The molecule has 0 aliphatic carbocycles. The number of nitrogens with one attached hydrogen (secondary N) is 1. The standard InChI is InChI=1S/C15H16ClNO3S/c1-10(13-7-8-14(16)21-13)17-15(18)9-20-12-6-4-3-5-11(12)19-2/h3-8,10H,9H2,1-2H3,(H,17,18). The number of carbonyl (C=O) groups excluding carboxylic acids is 1. The third-order valence-corrected chi connectivity index (χ3v) is 4.24. The Kier molecular flexibility index (Phi) is 5.47. The molecule has 6 heteroatoms. The first-order valence-corrected chi connectivity index (χ1v) is 7.60. The maximum atomic E-state index is 11.9. The number of amides is 1. The van der Waals surface area contributed by atoms with Crippen molar-refractivity contribution in [1.29, 1.82) is 0 Å². The SMILES string of the molecule is COc1ccccc1OCC(=O)NC(C)c1ccc(Cl)s1. The lowest BCUT2D eigenvalue weighted by atomic mass is 10.3. The largest absolute Gasteiger partial charge is 0.493 e. The van der Waals surface area contributed by atoms with Gasteiger partial charge in [-0.15, -0.1) is 11.3 Å². The van der Waals surface area contributed by atoms with Crippen molar-refractivity contribution in [3.05, 3.63) is 45.6 Å². The molecule has 2 aromatic rings. The van der Waals surface area contributed by atoms with Gasteiger partial charge in [-0.3, -0.25) is 4.79 Å². The Hall–Kier alpha value is -1.72. The molecule has 112 valence electrons. The van der Waals surface area contributed by atoms with Crippen LogP contribution >= 0.6 is 22.9 Å². The third-order valence-electron chi connectivity index (χ3n) is 2.83. The minimum absolute atomic E-state index is 0.0657. The monoisotopic (exact) mass is 325 g/mol. The summed E-state index contributed by atoms with van der Waals surface area (Å²) >= 11 is 7.33. The van der Waals surface area contributed by atoms with Crippen LogP contribution in [0.25, 0.3) is 0 Å². The molecule has 1 unspecified atom stereocenters. The second-order valence-electron chi connectivity index (χ2n) is 4.37. The summed E-state index contributed by atoms with van der Waals surface area (Å²) in [5.74, 6) is 0.947. The van der Waals surface area contributed by atoms with E-state index < -0.39 is 0 Å². The molecule has 0 aliphatic rings. The molecule has 21 heavy (non-hydrogen) atoms. The van der Waals surface area contributed by atoms with Crippen LogP contribution < -0.4 is 14.8 Å². The van der Waals surface area contributed by atoms with Crippen LogP contribution in [0.2, 0.25) is 4.34 Å². The van der Waals surface area contributed by atoms with Gasteiger partial charge >= 0.3 is 0 Å². The predicted molar refractivity (Wildman–Crippen MR) is 84.4 cm³/mol. The zero-order valence-electron chi connectivity index (χ0n) is 11.8. The number of hydrogen-bond acceptors (Lipinski definition) is 4. The molecule has 0 bridgehead atoms. The number of para-hydroxylation sites is 2. The minimum Gasteiger partial charge on any atom is -0.493 e. The molecule has 0 saturated carbocycles. The lowest BCUT2D eigenvalue weighted by Crippen LogP contribution is -2.30. The van der Waals surface area contributed by atoms with Crippen LogP contribution in [0.1, 0.15) is 17.8 Å². The lowest BCUT2D eigenvalue weighted by Gasteiger charge is -2.14. The van der Waals surface area contributed by atoms with Crippen LogP contribution in [0.5, 0.6) is 11.5 Å². The van der Waals surface area contributed by atoms with Crippen molar-refractivity contribution in [3.8, 4) is 11.5 Å². The van der Waals surface area contributed by atoms with E-state index >= 15 is 0 Å². The first-order valence-electron chi connectivity index (χ1n) is 6.40. The Bertz CT molecular complexity index is 614. The summed E-state index contributed by atoms with van der Waals surface area (Å²) in [4.78, 5) is 12.9. The van der Waals surface area contributed by atoms with E-state index in [9.17, 15) is 4.79 Å². The highest BCUT2D eigenvalue weighted by Crippen LogP contribution is 2.27. The van der Waals surface area contributed by atoms with Gasteiger partial charge in [-0.1, -0.05) is 23.7 Å². The van der Waals surface area contributed by atoms with Gasteiger partial charge in [-0.2, -0.15) is 0 Å². The van der Waals surface area contributed by atoms with E-state index in [1.807, 2.05) is 31.2 Å². The quantitative estimate of drug-likeness (QED) is 0.881. The van der Waals surface area contributed by atoms with Crippen molar-refractivity contribution in [3.63, 3.8) is 0 Å². The van der Waals surface area contributed by atoms with Crippen molar-refractivity contribution in [2.45, 2.75) is 13.0 Å². The molecule has 2 rings (SSSR count). The normalized spacial score (nSPS) is 11.8. The number of thiophene rings is 1. The van der Waals surface area contributed by atoms with Gasteiger partial charge in [0.25, 0.3) is 5.91 Å². The average Bonchev–Trinajstić information content (AvgIpc) is 2.92. The van der Waals surface area contributed by atoms with Crippen LogP contribution in [0, 0.1) is 0 Å². The number of hydrogen-bond donors (Lipinski definition) is 1. The fraction of sp³-hybridized carbons (Fsp3) is 0.267. The van der Waals surface area contributed by atoms with E-state index in [0.717, 1.165) is 4.88 Å². The lowest BCUT2D eigenvalue weighted by molar-refractivity contribution is -0.123. The second-order valence-corrected chi connectivity index (χ2v) is 6.12. The van der Waals surface area contributed by atoms with Gasteiger partial charge in [-0.25, -0.2) is 0 Å². The van der Waals surface area contributed by atoms with Crippen molar-refractivity contribution in [2.24, 2.45) is 0 Å². The number of carbonyl (C=O) groups is 1. The summed E-state index contributed by atoms with van der Waals surface area (Å²) in [6.45, 7) is 1.84. The van der Waals surface area contributed by atoms with Crippen LogP contribution in [-0.4, -0.2) is 19.6 Å². The molecule has 0 saturated heterocycles. The Morgan fingerprint density at radius 1 is 1.29 bits per heavy atom. The van der Waals surface area contributed by atoms with Gasteiger partial charge < -0.3 is 14.8 Å². The molecule has 0 spiro atoms. The predicted octanol–water partition coefficient (Wildman–Crippen LogP) is 3.67. The molecular weight excluding hydrogens is 310 g/mol. The summed E-state index contributed by atoms with van der Waals surface area (Å²) in [5.41, 5.74) is 0. The van der Waals surface area contributed by atoms with E-state index in [1.54, 1.807) is 19.2 Å². The summed E-state index contributed by atoms with van der Waals surface area (Å²) < 4.78 is 11.3. The number of rotatable bonds is 6. The number of methoxy groups -OCH3 is 1. The van der Waals surface area contributed by atoms with Gasteiger partial charge in [-0.05, 0) is 31.2 Å². The molecule has 1 heterocycles. The number of benzene rings is 1. The molecule has 1 aromatic heterocycles. The smallest absolute Gasteiger partial charge is 0.258 e. The van der Waals surface area contributed by atoms with Gasteiger partial charge in [0.1, 0.15) is 0 Å². The van der Waals surface area contributed by atoms with Gasteiger partial charge in [0, 0.05) is 4.88 Å². The van der Waals surface area contributed by atoms with Crippen LogP contribution in [0.15, 0.2) is 36.4 Å². The van der Waals surface area contributed by atoms with Gasteiger partial charge in [0.05, 0.1) is 17.5 Å². The molecule has 1 amide bonds. The highest BCUT2D eigenvalue weighted by atomic mass is 35.5. The first kappa shape index (κ1) is 15.7. The van der Waals surface area contributed by atoms with Crippen molar-refractivity contribution in [1.82, 2.24) is 5.32 Å². The summed E-state index contributed by atoms with van der Waals surface area (Å²) in [7, 11) is 1.56. The Labute approximate surface area is 132 Å². The Balaban J connectivity index is 1.87. The van der Waals surface area contributed by atoms with Crippen LogP contribution in [0.3, 0.4) is 0 Å². The van der Waals surface area contributed by atoms with Gasteiger partial charge in [0.15, 0.2) is 18.1 Å². The van der Waals surface area contributed by atoms with Crippen LogP contribution in [-0.2, 0) is 4.79 Å². The third kappa shape index (κ3) is 4.37. The fourth-order valence-corrected chi connectivity index (χ4v) is 2.86. The number of halogens is 1. The van der Waals surface area contributed by atoms with E-state index in [0.29, 0.717) is 15.8 Å². The van der Waals surface area contributed by atoms with E-state index in [-0.39, 0.29) is 18.6 Å². The zero-order chi connectivity index (χ0) is 15.2. The summed E-state index contributed by atoms with van der Waals surface area (Å²) in [5, 5.41) is 2.86. The molecule has 1 aromatic carbocycles. The first-order chi connectivity index (χ1) is 10.1. The van der Waals surface area contributed by atoms with Gasteiger partial charge in [0.2, 0.25) is 0 Å². The average molecular weight is 326 g/mol. The van der Waals surface area contributed by atoms with E-state index in [1.165, 1.54) is 11.3 Å². The summed E-state index contributed by atoms with van der Waals surface area (Å²) in [6.07, 6.45) is 0. The molecule has 0 radical (unpaired) electrons. The molecule has 0 aliphatic heterocycles. The van der Waals surface area contributed by atoms with E-state index in [2.05, 4.69) is 5.32 Å². The summed E-state index contributed by atoms with van der Waals surface area (Å²) in [6, 6.07) is 10.8. The zero-order valence-corrected chi connectivity index (χ0v) is 13.3. The Morgan fingerprint density at radius 3 is 2.62 bits per heavy atom. The highest BCUT2D eigenvalue weighted by Gasteiger charge is 2.13. The molecule has 1 N–H and O–H groups in total. The second kappa shape index (κ2) is 7.33. The minimum atomic E-state index is -0.196. The molecular formula is C15H16ClNO3S. The van der Waals surface area contributed by atoms with Crippen molar-refractivity contribution < 1.29 is 14.3 Å². The van der Waals surface area contributed by atoms with E-state index in [4.69, 9.17) is 21.1 Å². The molecule has 4 nitrogen and oxygen atoms in total. The van der Waals surface area contributed by atoms with Crippen molar-refractivity contribution in [2.75, 3.05) is 13.7 Å². The van der Waals surface area contributed by atoms with Crippen LogP contribution in [0.4, 0.5) is 0 Å². The Morgan fingerprint density at radius 2 is 2.00 bits per heavy atom. The number of ether oxygens (including phenoxy) is 2. The maximum absolute atomic E-state index is 11.9. The molecule has 1 atom stereocenters. The fourth-order valence-electron chi connectivity index (χ4n) is 1.80. The topological polar surface area (TPSA) is 47.6 Å². The van der Waals surface area contributed by atoms with Crippen molar-refractivity contribution >= 4 is 28.8 Å².